The average Bonchev–Trinajstić information content (AvgIpc) is 2.63. The van der Waals surface area contributed by atoms with E-state index in [1.165, 1.54) is 0 Å². The van der Waals surface area contributed by atoms with E-state index >= 15 is 0 Å². The minimum atomic E-state index is -0.153. The second-order valence-corrected chi connectivity index (χ2v) is 6.07. The molecule has 1 aromatic heterocycles. The molecule has 0 atom stereocenters. The maximum atomic E-state index is 13.0. The van der Waals surface area contributed by atoms with Gasteiger partial charge in [0.1, 0.15) is 6.54 Å². The molecule has 0 saturated carbocycles. The molecule has 24 heavy (non-hydrogen) atoms. The molecule has 0 fully saturated rings. The Kier molecular flexibility index (Phi) is 5.14. The number of hydrogen-bond donors (Lipinski definition) is 0. The maximum absolute atomic E-state index is 13.0. The van der Waals surface area contributed by atoms with Gasteiger partial charge in [-0.3, -0.25) is 0 Å². The van der Waals surface area contributed by atoms with Crippen molar-refractivity contribution in [1.29, 1.82) is 0 Å². The van der Waals surface area contributed by atoms with Crippen LogP contribution in [0.5, 0.6) is 0 Å². The van der Waals surface area contributed by atoms with E-state index in [1.807, 2.05) is 48.5 Å². The summed E-state index contributed by atoms with van der Waals surface area (Å²) in [5, 5.41) is 0.785. The van der Waals surface area contributed by atoms with Crippen LogP contribution in [0.25, 0.3) is 0 Å². The molecule has 3 nitrogen and oxygen atoms in total. The van der Waals surface area contributed by atoms with Crippen LogP contribution in [0.2, 0.25) is 10.0 Å². The zero-order chi connectivity index (χ0) is 16.9. The molecule has 0 bridgehead atoms. The quantitative estimate of drug-likeness (QED) is 0.668. The number of anilines is 1. The second-order valence-electron chi connectivity index (χ2n) is 5.25. The number of benzene rings is 2. The first-order valence-electron chi connectivity index (χ1n) is 7.43. The summed E-state index contributed by atoms with van der Waals surface area (Å²) in [5.41, 5.74) is 1.51. The van der Waals surface area contributed by atoms with Gasteiger partial charge in [0.2, 0.25) is 0 Å². The van der Waals surface area contributed by atoms with Crippen LogP contribution in [-0.2, 0) is 6.54 Å². The lowest BCUT2D eigenvalue weighted by molar-refractivity contribution is -0.363. The van der Waals surface area contributed by atoms with Gasteiger partial charge in [0.15, 0.2) is 0 Å². The molecule has 1 heterocycles. The third kappa shape index (κ3) is 3.75. The highest BCUT2D eigenvalue weighted by atomic mass is 35.5. The number of H-pyrrole nitrogens is 1. The lowest BCUT2D eigenvalue weighted by atomic mass is 10.1. The van der Waals surface area contributed by atoms with Crippen LogP contribution in [0.1, 0.15) is 15.9 Å². The number of nitrogens with one attached hydrogen (secondary N) is 1. The number of carbonyl (C=O) groups is 1. The fourth-order valence-electron chi connectivity index (χ4n) is 2.37. The van der Waals surface area contributed by atoms with Crippen molar-refractivity contribution in [3.8, 4) is 0 Å². The zero-order valence-electron chi connectivity index (χ0n) is 12.7. The van der Waals surface area contributed by atoms with Crippen molar-refractivity contribution in [1.82, 2.24) is 0 Å². The molecule has 3 rings (SSSR count). The number of amides is 1. The Morgan fingerprint density at radius 1 is 0.917 bits per heavy atom. The molecule has 0 aliphatic carbocycles. The Hall–Kier alpha value is -2.36. The largest absolute Gasteiger partial charge is 0.341 e. The number of aromatic amines is 1. The maximum Gasteiger partial charge on any atom is 0.341 e. The number of aromatic nitrogens is 1. The molecule has 3 aromatic rings. The van der Waals surface area contributed by atoms with Crippen molar-refractivity contribution in [2.45, 2.75) is 6.54 Å². The van der Waals surface area contributed by atoms with Gasteiger partial charge in [-0.15, -0.1) is 0 Å². The minimum Gasteiger partial charge on any atom is -0.247 e. The smallest absolute Gasteiger partial charge is 0.247 e. The number of carbonyl (C=O) groups excluding carboxylic acids is 1. The number of nitrogens with zero attached hydrogens (tertiary/aromatic N) is 1. The minimum absolute atomic E-state index is 0.153. The van der Waals surface area contributed by atoms with Crippen LogP contribution < -0.4 is 9.88 Å². The monoisotopic (exact) mass is 357 g/mol. The molecule has 0 aliphatic heterocycles. The highest BCUT2D eigenvalue weighted by Gasteiger charge is 2.26. The molecule has 0 unspecified atom stereocenters. The summed E-state index contributed by atoms with van der Waals surface area (Å²) in [5.74, 6) is 0.553. The summed E-state index contributed by atoms with van der Waals surface area (Å²) in [7, 11) is 0. The first-order chi connectivity index (χ1) is 11.6. The van der Waals surface area contributed by atoms with Gasteiger partial charge in [0.05, 0.1) is 21.8 Å². The fourth-order valence-corrected chi connectivity index (χ4v) is 2.67. The van der Waals surface area contributed by atoms with E-state index in [0.29, 0.717) is 28.0 Å². The van der Waals surface area contributed by atoms with Crippen LogP contribution in [0.15, 0.2) is 72.9 Å². The van der Waals surface area contributed by atoms with Gasteiger partial charge in [0.25, 0.3) is 5.82 Å². The zero-order valence-corrected chi connectivity index (χ0v) is 14.3. The van der Waals surface area contributed by atoms with Crippen molar-refractivity contribution in [3.63, 3.8) is 0 Å². The molecular formula is C19H15Cl2N2O+. The Morgan fingerprint density at radius 3 is 2.33 bits per heavy atom. The predicted molar refractivity (Wildman–Crippen MR) is 96.4 cm³/mol. The molecule has 2 aromatic carbocycles. The molecule has 0 aliphatic rings. The summed E-state index contributed by atoms with van der Waals surface area (Å²) in [6, 6.07) is 20.3. The predicted octanol–water partition coefficient (Wildman–Crippen LogP) is 4.65. The van der Waals surface area contributed by atoms with Gasteiger partial charge >= 0.3 is 5.91 Å². The summed E-state index contributed by atoms with van der Waals surface area (Å²) >= 11 is 12.0. The van der Waals surface area contributed by atoms with E-state index in [4.69, 9.17) is 23.2 Å². The Bertz CT molecular complexity index is 839. The molecule has 0 spiro atoms. The van der Waals surface area contributed by atoms with E-state index in [2.05, 4.69) is 4.98 Å². The molecule has 0 radical (unpaired) electrons. The summed E-state index contributed by atoms with van der Waals surface area (Å²) in [6.45, 7) is 0.445. The lowest BCUT2D eigenvalue weighted by Gasteiger charge is -2.15. The summed E-state index contributed by atoms with van der Waals surface area (Å²) < 4.78 is 0. The molecule has 1 N–H and O–H groups in total. The lowest BCUT2D eigenvalue weighted by Crippen LogP contribution is -2.34. The third-order valence-electron chi connectivity index (χ3n) is 3.58. The van der Waals surface area contributed by atoms with Crippen molar-refractivity contribution in [3.05, 3.63) is 94.1 Å². The van der Waals surface area contributed by atoms with E-state index in [1.54, 1.807) is 29.3 Å². The molecule has 5 heteroatoms. The Balaban J connectivity index is 1.97. The van der Waals surface area contributed by atoms with Crippen LogP contribution in [0.4, 0.5) is 5.82 Å². The topological polar surface area (TPSA) is 34.5 Å². The van der Waals surface area contributed by atoms with E-state index in [0.717, 1.165) is 5.56 Å². The molecule has 1 amide bonds. The molecular weight excluding hydrogens is 343 g/mol. The van der Waals surface area contributed by atoms with E-state index in [9.17, 15) is 4.79 Å². The van der Waals surface area contributed by atoms with Crippen molar-refractivity contribution in [2.24, 2.45) is 0 Å². The van der Waals surface area contributed by atoms with Gasteiger partial charge in [-0.25, -0.2) is 9.78 Å². The van der Waals surface area contributed by atoms with Crippen LogP contribution >= 0.6 is 23.2 Å². The normalized spacial score (nSPS) is 10.4. The third-order valence-corrected chi connectivity index (χ3v) is 4.32. The number of pyridine rings is 1. The number of rotatable bonds is 4. The summed E-state index contributed by atoms with van der Waals surface area (Å²) in [6.07, 6.45) is 1.79. The van der Waals surface area contributed by atoms with Crippen molar-refractivity contribution < 1.29 is 9.78 Å². The highest BCUT2D eigenvalue weighted by Crippen LogP contribution is 2.24. The number of halogens is 2. The van der Waals surface area contributed by atoms with Crippen molar-refractivity contribution in [2.75, 3.05) is 4.90 Å². The Morgan fingerprint density at radius 2 is 1.67 bits per heavy atom. The average molecular weight is 358 g/mol. The van der Waals surface area contributed by atoms with Crippen LogP contribution in [0, 0.1) is 0 Å². The van der Waals surface area contributed by atoms with Crippen LogP contribution in [0.3, 0.4) is 0 Å². The second kappa shape index (κ2) is 7.47. The van der Waals surface area contributed by atoms with E-state index < -0.39 is 0 Å². The standard InChI is InChI=1S/C19H14Cl2N2O/c20-16-10-9-15(12-17(16)21)19(24)23(18-8-4-5-11-22-18)13-14-6-2-1-3-7-14/h1-12H,13H2/p+1. The van der Waals surface area contributed by atoms with Gasteiger partial charge in [-0.05, 0) is 29.8 Å². The summed E-state index contributed by atoms with van der Waals surface area (Å²) in [4.78, 5) is 17.8. The highest BCUT2D eigenvalue weighted by molar-refractivity contribution is 6.42. The molecule has 0 saturated heterocycles. The van der Waals surface area contributed by atoms with Gasteiger partial charge in [0, 0.05) is 6.07 Å². The van der Waals surface area contributed by atoms with Crippen molar-refractivity contribution >= 4 is 34.9 Å². The van der Waals surface area contributed by atoms with Gasteiger partial charge < -0.3 is 0 Å². The van der Waals surface area contributed by atoms with E-state index in [-0.39, 0.29) is 5.91 Å². The first-order valence-corrected chi connectivity index (χ1v) is 8.18. The SMILES string of the molecule is O=C(c1ccc(Cl)c(Cl)c1)N(Cc1ccccc1)c1cccc[nH+]1. The van der Waals surface area contributed by atoms with Crippen LogP contribution in [-0.4, -0.2) is 5.91 Å². The first kappa shape index (κ1) is 16.5. The Labute approximate surface area is 150 Å². The number of hydrogen-bond acceptors (Lipinski definition) is 1. The van der Waals surface area contributed by atoms with Gasteiger partial charge in [-0.2, -0.15) is 4.90 Å². The fraction of sp³-hybridized carbons (Fsp3) is 0.0526. The molecule has 120 valence electrons. The van der Waals surface area contributed by atoms with Gasteiger partial charge in [-0.1, -0.05) is 59.6 Å².